The SMILES string of the molecule is Cn1nc(-c2ccc(OCc3ccccc3)nc2OCc2ccccc2)c2ccc(C#CCOC3CCCCO3)cc21. The molecule has 1 saturated heterocycles. The van der Waals surface area contributed by atoms with E-state index < -0.39 is 0 Å². The molecule has 1 aliphatic heterocycles. The topological polar surface area (TPSA) is 67.6 Å². The maximum absolute atomic E-state index is 6.28. The minimum absolute atomic E-state index is 0.141. The molecular weight excluding hydrogens is 526 g/mol. The largest absolute Gasteiger partial charge is 0.473 e. The molecule has 1 unspecified atom stereocenters. The number of benzene rings is 3. The van der Waals surface area contributed by atoms with Gasteiger partial charge in [-0.3, -0.25) is 4.68 Å². The molecule has 7 heteroatoms. The molecule has 0 radical (unpaired) electrons. The van der Waals surface area contributed by atoms with Crippen LogP contribution in [0.1, 0.15) is 36.0 Å². The molecule has 1 fully saturated rings. The number of fused-ring (bicyclic) bond motifs is 1. The summed E-state index contributed by atoms with van der Waals surface area (Å²) >= 11 is 0. The van der Waals surface area contributed by atoms with Gasteiger partial charge in [0.05, 0.1) is 11.1 Å². The molecule has 1 atom stereocenters. The zero-order chi connectivity index (χ0) is 28.6. The maximum atomic E-state index is 6.28. The van der Waals surface area contributed by atoms with Gasteiger partial charge in [-0.05, 0) is 54.7 Å². The van der Waals surface area contributed by atoms with E-state index in [-0.39, 0.29) is 6.29 Å². The lowest BCUT2D eigenvalue weighted by atomic mass is 10.1. The highest BCUT2D eigenvalue weighted by atomic mass is 16.7. The third-order valence-corrected chi connectivity index (χ3v) is 7.10. The highest BCUT2D eigenvalue weighted by molar-refractivity contribution is 5.95. The minimum Gasteiger partial charge on any atom is -0.473 e. The number of nitrogens with zero attached hydrogens (tertiary/aromatic N) is 3. The van der Waals surface area contributed by atoms with Crippen molar-refractivity contribution in [2.24, 2.45) is 7.05 Å². The van der Waals surface area contributed by atoms with Gasteiger partial charge in [0.1, 0.15) is 25.5 Å². The molecule has 0 N–H and O–H groups in total. The Morgan fingerprint density at radius 1 is 0.881 bits per heavy atom. The number of rotatable bonds is 9. The zero-order valence-corrected chi connectivity index (χ0v) is 23.7. The van der Waals surface area contributed by atoms with Crippen LogP contribution in [-0.4, -0.2) is 34.3 Å². The molecule has 1 aliphatic rings. The van der Waals surface area contributed by atoms with Crippen LogP contribution < -0.4 is 9.47 Å². The average Bonchev–Trinajstić information content (AvgIpc) is 3.37. The van der Waals surface area contributed by atoms with Crippen LogP contribution >= 0.6 is 0 Å². The van der Waals surface area contributed by atoms with Crippen LogP contribution in [0.4, 0.5) is 0 Å². The number of hydrogen-bond donors (Lipinski definition) is 0. The van der Waals surface area contributed by atoms with Crippen LogP contribution in [0.25, 0.3) is 22.2 Å². The first-order valence-electron chi connectivity index (χ1n) is 14.3. The molecule has 7 nitrogen and oxygen atoms in total. The number of aryl methyl sites for hydroxylation is 1. The van der Waals surface area contributed by atoms with Gasteiger partial charge >= 0.3 is 0 Å². The van der Waals surface area contributed by atoms with Gasteiger partial charge in [0, 0.05) is 30.7 Å². The summed E-state index contributed by atoms with van der Waals surface area (Å²) in [4.78, 5) is 4.76. The second-order valence-corrected chi connectivity index (χ2v) is 10.2. The predicted octanol–water partition coefficient (Wildman–Crippen LogP) is 6.69. The molecule has 6 rings (SSSR count). The van der Waals surface area contributed by atoms with Gasteiger partial charge in [-0.2, -0.15) is 10.1 Å². The summed E-state index contributed by atoms with van der Waals surface area (Å²) in [6, 6.07) is 30.0. The van der Waals surface area contributed by atoms with E-state index >= 15 is 0 Å². The Balaban J connectivity index is 1.25. The van der Waals surface area contributed by atoms with Crippen molar-refractivity contribution < 1.29 is 18.9 Å². The smallest absolute Gasteiger partial charge is 0.226 e. The number of hydrogen-bond acceptors (Lipinski definition) is 6. The summed E-state index contributed by atoms with van der Waals surface area (Å²) in [6.45, 7) is 1.89. The molecule has 212 valence electrons. The molecule has 2 aromatic heterocycles. The Morgan fingerprint density at radius 3 is 2.38 bits per heavy atom. The lowest BCUT2D eigenvalue weighted by Crippen LogP contribution is -2.22. The van der Waals surface area contributed by atoms with Crippen molar-refractivity contribution in [1.82, 2.24) is 14.8 Å². The highest BCUT2D eigenvalue weighted by Crippen LogP contribution is 2.35. The van der Waals surface area contributed by atoms with Gasteiger partial charge in [0.15, 0.2) is 6.29 Å². The molecule has 3 heterocycles. The molecule has 0 aliphatic carbocycles. The predicted molar refractivity (Wildman–Crippen MR) is 162 cm³/mol. The quantitative estimate of drug-likeness (QED) is 0.188. The Kier molecular flexibility index (Phi) is 8.75. The van der Waals surface area contributed by atoms with Gasteiger partial charge in [0.25, 0.3) is 0 Å². The highest BCUT2D eigenvalue weighted by Gasteiger charge is 2.18. The monoisotopic (exact) mass is 559 g/mol. The Bertz CT molecular complexity index is 1680. The second kappa shape index (κ2) is 13.3. The maximum Gasteiger partial charge on any atom is 0.226 e. The summed E-state index contributed by atoms with van der Waals surface area (Å²) in [6.07, 6.45) is 3.02. The Morgan fingerprint density at radius 2 is 1.64 bits per heavy atom. The zero-order valence-electron chi connectivity index (χ0n) is 23.7. The molecule has 0 saturated carbocycles. The van der Waals surface area contributed by atoms with Crippen molar-refractivity contribution in [1.29, 1.82) is 0 Å². The van der Waals surface area contributed by atoms with Crippen LogP contribution in [0.3, 0.4) is 0 Å². The van der Waals surface area contributed by atoms with E-state index in [1.807, 2.05) is 103 Å². The van der Waals surface area contributed by atoms with Crippen molar-refractivity contribution in [2.45, 2.75) is 38.8 Å². The summed E-state index contributed by atoms with van der Waals surface area (Å²) in [7, 11) is 1.93. The van der Waals surface area contributed by atoms with Crippen molar-refractivity contribution in [3.63, 3.8) is 0 Å². The van der Waals surface area contributed by atoms with E-state index in [9.17, 15) is 0 Å². The van der Waals surface area contributed by atoms with E-state index in [4.69, 9.17) is 29.0 Å². The first kappa shape index (κ1) is 27.5. The van der Waals surface area contributed by atoms with Crippen molar-refractivity contribution in [3.05, 3.63) is 108 Å². The van der Waals surface area contributed by atoms with Crippen LogP contribution in [0, 0.1) is 11.8 Å². The van der Waals surface area contributed by atoms with E-state index in [1.54, 1.807) is 0 Å². The van der Waals surface area contributed by atoms with E-state index in [2.05, 4.69) is 11.8 Å². The fourth-order valence-corrected chi connectivity index (χ4v) is 4.90. The first-order valence-corrected chi connectivity index (χ1v) is 14.3. The summed E-state index contributed by atoms with van der Waals surface area (Å²) in [5.74, 6) is 7.29. The Labute approximate surface area is 246 Å². The lowest BCUT2D eigenvalue weighted by Gasteiger charge is -2.21. The summed E-state index contributed by atoms with van der Waals surface area (Å²) < 4.78 is 25.5. The van der Waals surface area contributed by atoms with Gasteiger partial charge in [-0.25, -0.2) is 0 Å². The third-order valence-electron chi connectivity index (χ3n) is 7.10. The molecule has 0 bridgehead atoms. The second-order valence-electron chi connectivity index (χ2n) is 10.2. The van der Waals surface area contributed by atoms with Gasteiger partial charge < -0.3 is 18.9 Å². The fraction of sp³-hybridized carbons (Fsp3) is 0.257. The molecule has 0 amide bonds. The van der Waals surface area contributed by atoms with Crippen LogP contribution in [0.2, 0.25) is 0 Å². The standard InChI is InChI=1S/C35H33N3O4/c1-38-31-23-26(15-10-22-40-33-16-8-9-21-39-33)17-18-29(31)34(37-38)30-19-20-32(41-24-27-11-4-2-5-12-27)36-35(30)42-25-28-13-6-3-7-14-28/h2-7,11-14,17-20,23,33H,8-9,16,21-22,24-25H2,1H3. The van der Waals surface area contributed by atoms with E-state index in [0.717, 1.165) is 64.7 Å². The number of aromatic nitrogens is 3. The van der Waals surface area contributed by atoms with Crippen LogP contribution in [0.15, 0.2) is 91.0 Å². The molecule has 5 aromatic rings. The normalized spacial score (nSPS) is 14.7. The average molecular weight is 560 g/mol. The van der Waals surface area contributed by atoms with Crippen molar-refractivity contribution in [2.75, 3.05) is 13.2 Å². The van der Waals surface area contributed by atoms with Crippen LogP contribution in [-0.2, 0) is 29.7 Å². The Hall–Kier alpha value is -4.64. The van der Waals surface area contributed by atoms with Gasteiger partial charge in [-0.15, -0.1) is 0 Å². The van der Waals surface area contributed by atoms with Crippen molar-refractivity contribution in [3.8, 4) is 34.9 Å². The van der Waals surface area contributed by atoms with Gasteiger partial charge in [0.2, 0.25) is 11.8 Å². The number of ether oxygens (including phenoxy) is 4. The van der Waals surface area contributed by atoms with Gasteiger partial charge in [-0.1, -0.05) is 72.5 Å². The summed E-state index contributed by atoms with van der Waals surface area (Å²) in [5, 5.41) is 5.85. The molecule has 42 heavy (non-hydrogen) atoms. The number of pyridine rings is 1. The summed E-state index contributed by atoms with van der Waals surface area (Å²) in [5.41, 5.74) is 5.56. The molecule has 3 aromatic carbocycles. The lowest BCUT2D eigenvalue weighted by molar-refractivity contribution is -0.154. The van der Waals surface area contributed by atoms with Crippen LogP contribution in [0.5, 0.6) is 11.8 Å². The minimum atomic E-state index is -0.141. The third kappa shape index (κ3) is 6.80. The first-order chi connectivity index (χ1) is 20.7. The molecular formula is C35H33N3O4. The van der Waals surface area contributed by atoms with E-state index in [0.29, 0.717) is 31.6 Å². The fourth-order valence-electron chi connectivity index (χ4n) is 4.90. The van der Waals surface area contributed by atoms with E-state index in [1.165, 1.54) is 0 Å². The molecule has 0 spiro atoms. The van der Waals surface area contributed by atoms with Crippen molar-refractivity contribution >= 4 is 10.9 Å².